The molecule has 1 amide bonds. The lowest BCUT2D eigenvalue weighted by molar-refractivity contribution is -0.141. The van der Waals surface area contributed by atoms with E-state index in [1.54, 1.807) is 0 Å². The van der Waals surface area contributed by atoms with Gasteiger partial charge in [-0.05, 0) is 12.8 Å². The summed E-state index contributed by atoms with van der Waals surface area (Å²) in [6, 6.07) is -0.621. The van der Waals surface area contributed by atoms with Crippen LogP contribution in [-0.2, 0) is 9.59 Å². The molecule has 3 atom stereocenters. The van der Waals surface area contributed by atoms with E-state index in [0.717, 1.165) is 6.42 Å². The summed E-state index contributed by atoms with van der Waals surface area (Å²) in [6.45, 7) is 7.77. The topological polar surface area (TPSA) is 78.4 Å². The molecule has 0 aliphatic carbocycles. The molecule has 0 saturated carbocycles. The van der Waals surface area contributed by atoms with Crippen molar-refractivity contribution < 1.29 is 14.7 Å². The molecule has 0 aromatic rings. The van der Waals surface area contributed by atoms with Gasteiger partial charge in [-0.3, -0.25) is 4.79 Å². The minimum Gasteiger partial charge on any atom is -0.480 e. The smallest absolute Gasteiger partial charge is 0.327 e. The average Bonchev–Trinajstić information content (AvgIpc) is 2.21. The summed E-state index contributed by atoms with van der Waals surface area (Å²) in [4.78, 5) is 21.6. The second-order valence-corrected chi connectivity index (χ2v) is 4.17. The fourth-order valence-electron chi connectivity index (χ4n) is 1.30. The molecule has 16 heavy (non-hydrogen) atoms. The van der Waals surface area contributed by atoms with E-state index in [4.69, 9.17) is 5.11 Å². The first kappa shape index (κ1) is 14.9. The molecule has 0 heterocycles. The molecule has 5 nitrogen and oxygen atoms in total. The number of rotatable bonds is 7. The molecule has 0 aromatic carbocycles. The Morgan fingerprint density at radius 3 is 2.25 bits per heavy atom. The van der Waals surface area contributed by atoms with E-state index < -0.39 is 12.0 Å². The first-order chi connectivity index (χ1) is 7.38. The molecule has 94 valence electrons. The van der Waals surface area contributed by atoms with Crippen LogP contribution in [0.25, 0.3) is 0 Å². The third kappa shape index (κ3) is 5.70. The minimum atomic E-state index is -1.01. The van der Waals surface area contributed by atoms with Crippen molar-refractivity contribution in [2.45, 2.75) is 46.2 Å². The van der Waals surface area contributed by atoms with Crippen molar-refractivity contribution in [2.75, 3.05) is 6.54 Å². The van der Waals surface area contributed by atoms with Crippen molar-refractivity contribution in [3.8, 4) is 0 Å². The SMILES string of the molecule is CCC(C)C(C)NCC(NC(C)=O)C(=O)O. The van der Waals surface area contributed by atoms with E-state index in [1.807, 2.05) is 6.92 Å². The number of hydrogen-bond acceptors (Lipinski definition) is 3. The third-order valence-corrected chi connectivity index (χ3v) is 2.82. The second-order valence-electron chi connectivity index (χ2n) is 4.17. The molecule has 3 N–H and O–H groups in total. The van der Waals surface area contributed by atoms with Crippen LogP contribution in [0.5, 0.6) is 0 Å². The van der Waals surface area contributed by atoms with Crippen LogP contribution in [0.3, 0.4) is 0 Å². The molecule has 0 fully saturated rings. The Labute approximate surface area is 96.6 Å². The predicted octanol–water partition coefficient (Wildman–Crippen LogP) is 0.600. The quantitative estimate of drug-likeness (QED) is 0.598. The molecular formula is C11H22N2O3. The summed E-state index contributed by atoms with van der Waals surface area (Å²) < 4.78 is 0. The van der Waals surface area contributed by atoms with Crippen molar-refractivity contribution >= 4 is 11.9 Å². The van der Waals surface area contributed by atoms with Crippen LogP contribution in [0.2, 0.25) is 0 Å². The van der Waals surface area contributed by atoms with E-state index in [0.29, 0.717) is 5.92 Å². The van der Waals surface area contributed by atoms with Gasteiger partial charge >= 0.3 is 5.97 Å². The minimum absolute atomic E-state index is 0.237. The first-order valence-electron chi connectivity index (χ1n) is 5.61. The summed E-state index contributed by atoms with van der Waals surface area (Å²) >= 11 is 0. The van der Waals surface area contributed by atoms with Crippen LogP contribution in [0.1, 0.15) is 34.1 Å². The maximum Gasteiger partial charge on any atom is 0.327 e. The fraction of sp³-hybridized carbons (Fsp3) is 0.818. The molecule has 0 aromatic heterocycles. The largest absolute Gasteiger partial charge is 0.480 e. The lowest BCUT2D eigenvalue weighted by Crippen LogP contribution is -2.49. The number of carboxylic acid groups (broad SMARTS) is 1. The number of amides is 1. The Morgan fingerprint density at radius 1 is 1.31 bits per heavy atom. The second kappa shape index (κ2) is 7.22. The van der Waals surface area contributed by atoms with Crippen molar-refractivity contribution in [1.82, 2.24) is 10.6 Å². The van der Waals surface area contributed by atoms with Gasteiger partial charge < -0.3 is 15.7 Å². The molecule has 5 heteroatoms. The Kier molecular flexibility index (Phi) is 6.72. The zero-order chi connectivity index (χ0) is 12.7. The lowest BCUT2D eigenvalue weighted by atomic mass is 10.0. The summed E-state index contributed by atoms with van der Waals surface area (Å²) in [5, 5.41) is 14.4. The molecule has 0 aliphatic rings. The van der Waals surface area contributed by atoms with Crippen molar-refractivity contribution in [2.24, 2.45) is 5.92 Å². The van der Waals surface area contributed by atoms with Gasteiger partial charge in [0, 0.05) is 19.5 Å². The molecular weight excluding hydrogens is 208 g/mol. The Bertz CT molecular complexity index is 243. The highest BCUT2D eigenvalue weighted by Gasteiger charge is 2.19. The molecule has 0 spiro atoms. The number of carbonyl (C=O) groups is 2. The number of hydrogen-bond donors (Lipinski definition) is 3. The van der Waals surface area contributed by atoms with Gasteiger partial charge in [0.25, 0.3) is 0 Å². The van der Waals surface area contributed by atoms with Crippen molar-refractivity contribution in [3.05, 3.63) is 0 Å². The number of carbonyl (C=O) groups excluding carboxylic acids is 1. The van der Waals surface area contributed by atoms with Gasteiger partial charge in [-0.25, -0.2) is 4.79 Å². The molecule has 0 aliphatic heterocycles. The van der Waals surface area contributed by atoms with Gasteiger partial charge in [0.05, 0.1) is 0 Å². The van der Waals surface area contributed by atoms with E-state index in [9.17, 15) is 9.59 Å². The summed E-state index contributed by atoms with van der Waals surface area (Å²) in [6.07, 6.45) is 1.03. The molecule has 3 unspecified atom stereocenters. The standard InChI is InChI=1S/C11H22N2O3/c1-5-7(2)8(3)12-6-10(11(15)16)13-9(4)14/h7-8,10,12H,5-6H2,1-4H3,(H,13,14)(H,15,16). The third-order valence-electron chi connectivity index (χ3n) is 2.82. The Balaban J connectivity index is 4.11. The summed E-state index contributed by atoms with van der Waals surface area (Å²) in [5.74, 6) is -0.865. The van der Waals surface area contributed by atoms with Crippen molar-refractivity contribution in [3.63, 3.8) is 0 Å². The van der Waals surface area contributed by atoms with Gasteiger partial charge in [-0.2, -0.15) is 0 Å². The number of carboxylic acids is 1. The summed E-state index contributed by atoms with van der Waals surface area (Å²) in [5.41, 5.74) is 0. The fourth-order valence-corrected chi connectivity index (χ4v) is 1.30. The zero-order valence-corrected chi connectivity index (χ0v) is 10.4. The lowest BCUT2D eigenvalue weighted by Gasteiger charge is -2.22. The first-order valence-corrected chi connectivity index (χ1v) is 5.61. The molecule has 0 radical (unpaired) electrons. The van der Waals surface area contributed by atoms with Crippen LogP contribution < -0.4 is 10.6 Å². The highest BCUT2D eigenvalue weighted by molar-refractivity contribution is 5.82. The normalized spacial score (nSPS) is 16.2. The monoisotopic (exact) mass is 230 g/mol. The molecule has 0 bridgehead atoms. The number of aliphatic carboxylic acids is 1. The molecule has 0 rings (SSSR count). The van der Waals surface area contributed by atoms with E-state index >= 15 is 0 Å². The van der Waals surface area contributed by atoms with Crippen LogP contribution in [0.15, 0.2) is 0 Å². The maximum atomic E-state index is 10.8. The van der Waals surface area contributed by atoms with E-state index in [-0.39, 0.29) is 18.5 Å². The van der Waals surface area contributed by atoms with Gasteiger partial charge in [0.15, 0.2) is 0 Å². The summed E-state index contributed by atoms with van der Waals surface area (Å²) in [7, 11) is 0. The highest BCUT2D eigenvalue weighted by Crippen LogP contribution is 2.06. The van der Waals surface area contributed by atoms with Crippen molar-refractivity contribution in [1.29, 1.82) is 0 Å². The van der Waals surface area contributed by atoms with E-state index in [1.165, 1.54) is 6.92 Å². The Hall–Kier alpha value is -1.10. The van der Waals surface area contributed by atoms with Crippen LogP contribution in [-0.4, -0.2) is 35.6 Å². The molecule has 0 saturated heterocycles. The predicted molar refractivity (Wildman–Crippen MR) is 62.2 cm³/mol. The van der Waals surface area contributed by atoms with Crippen LogP contribution >= 0.6 is 0 Å². The van der Waals surface area contributed by atoms with Crippen LogP contribution in [0, 0.1) is 5.92 Å². The van der Waals surface area contributed by atoms with Gasteiger partial charge in [0.1, 0.15) is 6.04 Å². The van der Waals surface area contributed by atoms with Crippen LogP contribution in [0.4, 0.5) is 0 Å². The highest BCUT2D eigenvalue weighted by atomic mass is 16.4. The van der Waals surface area contributed by atoms with Gasteiger partial charge in [-0.1, -0.05) is 20.3 Å². The average molecular weight is 230 g/mol. The number of nitrogens with one attached hydrogen (secondary N) is 2. The maximum absolute atomic E-state index is 10.8. The van der Waals surface area contributed by atoms with E-state index in [2.05, 4.69) is 24.5 Å². The van der Waals surface area contributed by atoms with Gasteiger partial charge in [0.2, 0.25) is 5.91 Å². The van der Waals surface area contributed by atoms with Gasteiger partial charge in [-0.15, -0.1) is 0 Å². The Morgan fingerprint density at radius 2 is 1.88 bits per heavy atom. The zero-order valence-electron chi connectivity index (χ0n) is 10.4.